The second kappa shape index (κ2) is 8.24. The number of rotatable bonds is 4. The molecule has 0 radical (unpaired) electrons. The van der Waals surface area contributed by atoms with E-state index in [1.807, 2.05) is 15.5 Å². The number of hydrogen-bond donors (Lipinski definition) is 0. The van der Waals surface area contributed by atoms with E-state index >= 15 is 0 Å². The van der Waals surface area contributed by atoms with Crippen LogP contribution in [0.2, 0.25) is 0 Å². The third-order valence-corrected chi connectivity index (χ3v) is 6.59. The van der Waals surface area contributed by atoms with Crippen LogP contribution in [0.3, 0.4) is 0 Å². The number of ether oxygens (including phenoxy) is 1. The number of benzene rings is 1. The maximum absolute atomic E-state index is 14.5. The molecule has 0 saturated carbocycles. The molecule has 1 saturated heterocycles. The standard InChI is InChI=1S/C23H26FN5O2/c1-15(30)28-10-2-3-16(8-11-28)19-13-25-22(29-14-26-27-23(19)29)7-4-17-18-9-12-31-21(18)6-5-20(17)24/h5-6,13-14,16H,2-4,7-12H2,1H3. The van der Waals surface area contributed by atoms with Crippen LogP contribution in [-0.2, 0) is 24.1 Å². The summed E-state index contributed by atoms with van der Waals surface area (Å²) in [6, 6.07) is 3.20. The molecule has 1 atom stereocenters. The Morgan fingerprint density at radius 1 is 1.26 bits per heavy atom. The highest BCUT2D eigenvalue weighted by atomic mass is 19.1. The van der Waals surface area contributed by atoms with Crippen molar-refractivity contribution >= 4 is 11.6 Å². The Morgan fingerprint density at radius 3 is 3.03 bits per heavy atom. The first-order valence-corrected chi connectivity index (χ1v) is 11.0. The zero-order valence-electron chi connectivity index (χ0n) is 17.7. The first kappa shape index (κ1) is 19.9. The zero-order valence-corrected chi connectivity index (χ0v) is 17.7. The Bertz CT molecular complexity index is 1130. The van der Waals surface area contributed by atoms with Crippen molar-refractivity contribution in [2.24, 2.45) is 0 Å². The van der Waals surface area contributed by atoms with Crippen LogP contribution in [0.25, 0.3) is 5.65 Å². The number of hydrogen-bond acceptors (Lipinski definition) is 5. The number of aromatic nitrogens is 4. The fraction of sp³-hybridized carbons (Fsp3) is 0.478. The summed E-state index contributed by atoms with van der Waals surface area (Å²) in [4.78, 5) is 18.4. The molecule has 0 bridgehead atoms. The number of amides is 1. The molecule has 7 nitrogen and oxygen atoms in total. The summed E-state index contributed by atoms with van der Waals surface area (Å²) in [5, 5.41) is 8.50. The van der Waals surface area contributed by atoms with E-state index in [0.717, 1.165) is 72.7 Å². The van der Waals surface area contributed by atoms with Gasteiger partial charge in [0.2, 0.25) is 5.91 Å². The van der Waals surface area contributed by atoms with Crippen molar-refractivity contribution in [2.75, 3.05) is 19.7 Å². The number of carbonyl (C=O) groups excluding carboxylic acids is 1. The maximum atomic E-state index is 14.5. The second-order valence-corrected chi connectivity index (χ2v) is 8.39. The molecule has 0 spiro atoms. The Balaban J connectivity index is 1.39. The monoisotopic (exact) mass is 423 g/mol. The summed E-state index contributed by atoms with van der Waals surface area (Å²) in [6.07, 6.45) is 8.33. The molecule has 8 heteroatoms. The fourth-order valence-electron chi connectivity index (χ4n) is 4.90. The summed E-state index contributed by atoms with van der Waals surface area (Å²) in [5.74, 6) is 1.85. The normalized spacial score (nSPS) is 18.6. The van der Waals surface area contributed by atoms with Gasteiger partial charge in [-0.15, -0.1) is 10.2 Å². The van der Waals surface area contributed by atoms with Crippen LogP contribution >= 0.6 is 0 Å². The van der Waals surface area contributed by atoms with Gasteiger partial charge in [-0.3, -0.25) is 9.20 Å². The van der Waals surface area contributed by atoms with Gasteiger partial charge in [0.05, 0.1) is 6.61 Å². The van der Waals surface area contributed by atoms with E-state index in [0.29, 0.717) is 25.4 Å². The largest absolute Gasteiger partial charge is 0.493 e. The van der Waals surface area contributed by atoms with E-state index in [-0.39, 0.29) is 11.7 Å². The van der Waals surface area contributed by atoms with Crippen molar-refractivity contribution in [2.45, 2.75) is 51.4 Å². The molecule has 0 aliphatic carbocycles. The summed E-state index contributed by atoms with van der Waals surface area (Å²) in [5.41, 5.74) is 3.58. The van der Waals surface area contributed by atoms with Crippen molar-refractivity contribution in [3.8, 4) is 5.75 Å². The predicted octanol–water partition coefficient (Wildman–Crippen LogP) is 3.10. The molecule has 1 amide bonds. The van der Waals surface area contributed by atoms with E-state index in [1.165, 1.54) is 6.07 Å². The number of nitrogens with zero attached hydrogens (tertiary/aromatic N) is 5. The van der Waals surface area contributed by atoms with Gasteiger partial charge in [0.1, 0.15) is 23.7 Å². The predicted molar refractivity (Wildman–Crippen MR) is 113 cm³/mol. The molecule has 31 heavy (non-hydrogen) atoms. The van der Waals surface area contributed by atoms with Crippen LogP contribution in [0.5, 0.6) is 5.75 Å². The summed E-state index contributed by atoms with van der Waals surface area (Å²) < 4.78 is 22.0. The molecular weight excluding hydrogens is 397 g/mol. The number of halogens is 1. The SMILES string of the molecule is CC(=O)N1CCCC(c2cnc(CCc3c(F)ccc4c3CCO4)n3cnnc23)CC1. The maximum Gasteiger partial charge on any atom is 0.219 e. The highest BCUT2D eigenvalue weighted by Gasteiger charge is 2.24. The highest BCUT2D eigenvalue weighted by molar-refractivity contribution is 5.73. The van der Waals surface area contributed by atoms with E-state index in [2.05, 4.69) is 10.2 Å². The lowest BCUT2D eigenvalue weighted by Gasteiger charge is -2.19. The van der Waals surface area contributed by atoms with Gasteiger partial charge >= 0.3 is 0 Å². The lowest BCUT2D eigenvalue weighted by atomic mass is 9.93. The third kappa shape index (κ3) is 3.75. The zero-order chi connectivity index (χ0) is 21.4. The van der Waals surface area contributed by atoms with E-state index in [9.17, 15) is 9.18 Å². The van der Waals surface area contributed by atoms with E-state index < -0.39 is 0 Å². The Kier molecular flexibility index (Phi) is 5.29. The van der Waals surface area contributed by atoms with Gasteiger partial charge < -0.3 is 9.64 Å². The van der Waals surface area contributed by atoms with Crippen LogP contribution in [0.15, 0.2) is 24.7 Å². The minimum Gasteiger partial charge on any atom is -0.493 e. The van der Waals surface area contributed by atoms with Crippen molar-refractivity contribution in [3.05, 3.63) is 53.0 Å². The van der Waals surface area contributed by atoms with Crippen molar-refractivity contribution in [1.29, 1.82) is 0 Å². The number of likely N-dealkylation sites (tertiary alicyclic amines) is 1. The van der Waals surface area contributed by atoms with Gasteiger partial charge in [-0.25, -0.2) is 9.37 Å². The Morgan fingerprint density at radius 2 is 2.16 bits per heavy atom. The second-order valence-electron chi connectivity index (χ2n) is 8.39. The average Bonchev–Trinajstić information content (AvgIpc) is 3.37. The first-order valence-electron chi connectivity index (χ1n) is 11.0. The average molecular weight is 423 g/mol. The first-order chi connectivity index (χ1) is 15.1. The molecule has 3 aromatic rings. The van der Waals surface area contributed by atoms with Crippen LogP contribution in [-0.4, -0.2) is 50.1 Å². The lowest BCUT2D eigenvalue weighted by Crippen LogP contribution is -2.29. The van der Waals surface area contributed by atoms with Crippen molar-refractivity contribution < 1.29 is 13.9 Å². The quantitative estimate of drug-likeness (QED) is 0.645. The highest BCUT2D eigenvalue weighted by Crippen LogP contribution is 2.32. The van der Waals surface area contributed by atoms with Crippen LogP contribution in [0.1, 0.15) is 54.6 Å². The molecule has 2 aromatic heterocycles. The number of carbonyl (C=O) groups is 1. The van der Waals surface area contributed by atoms with Crippen LogP contribution < -0.4 is 4.74 Å². The topological polar surface area (TPSA) is 72.6 Å². The lowest BCUT2D eigenvalue weighted by molar-refractivity contribution is -0.128. The molecule has 4 heterocycles. The molecule has 162 valence electrons. The van der Waals surface area contributed by atoms with Crippen LogP contribution in [0, 0.1) is 5.82 Å². The molecule has 1 unspecified atom stereocenters. The van der Waals surface area contributed by atoms with Crippen molar-refractivity contribution in [3.63, 3.8) is 0 Å². The summed E-state index contributed by atoms with van der Waals surface area (Å²) in [7, 11) is 0. The molecule has 0 N–H and O–H groups in total. The molecular formula is C23H26FN5O2. The van der Waals surface area contributed by atoms with E-state index in [4.69, 9.17) is 9.72 Å². The number of fused-ring (bicyclic) bond motifs is 2. The summed E-state index contributed by atoms with van der Waals surface area (Å²) >= 11 is 0. The Hall–Kier alpha value is -3.03. The van der Waals surface area contributed by atoms with Gasteiger partial charge in [0, 0.05) is 50.2 Å². The van der Waals surface area contributed by atoms with Gasteiger partial charge in [-0.2, -0.15) is 0 Å². The minimum atomic E-state index is -0.186. The van der Waals surface area contributed by atoms with Crippen LogP contribution in [0.4, 0.5) is 4.39 Å². The molecule has 2 aliphatic heterocycles. The minimum absolute atomic E-state index is 0.131. The van der Waals surface area contributed by atoms with Gasteiger partial charge in [-0.1, -0.05) is 0 Å². The molecule has 1 fully saturated rings. The molecule has 2 aliphatic rings. The van der Waals surface area contributed by atoms with Gasteiger partial charge in [0.25, 0.3) is 0 Å². The van der Waals surface area contributed by atoms with Gasteiger partial charge in [-0.05, 0) is 49.3 Å². The molecule has 5 rings (SSSR count). The third-order valence-electron chi connectivity index (χ3n) is 6.59. The Labute approximate surface area is 180 Å². The molecule has 1 aromatic carbocycles. The smallest absolute Gasteiger partial charge is 0.219 e. The number of aryl methyl sites for hydroxylation is 1. The summed E-state index contributed by atoms with van der Waals surface area (Å²) in [6.45, 7) is 3.79. The van der Waals surface area contributed by atoms with Crippen molar-refractivity contribution in [1.82, 2.24) is 24.5 Å². The fourth-order valence-corrected chi connectivity index (χ4v) is 4.90. The van der Waals surface area contributed by atoms with Gasteiger partial charge in [0.15, 0.2) is 5.65 Å². The van der Waals surface area contributed by atoms with E-state index in [1.54, 1.807) is 19.3 Å².